The first-order valence-corrected chi connectivity index (χ1v) is 10.3. The summed E-state index contributed by atoms with van der Waals surface area (Å²) in [6.45, 7) is 5.58. The third-order valence-corrected chi connectivity index (χ3v) is 4.81. The molecule has 0 bridgehead atoms. The van der Waals surface area contributed by atoms with Crippen molar-refractivity contribution in [2.45, 2.75) is 70.9 Å². The molecule has 0 radical (unpaired) electrons. The molecule has 1 unspecified atom stereocenters. The van der Waals surface area contributed by atoms with Gasteiger partial charge in [-0.2, -0.15) is 0 Å². The molecule has 1 aliphatic rings. The first kappa shape index (κ1) is 23.4. The number of carbonyl (C=O) groups excluding carboxylic acids is 2. The molecule has 0 aliphatic heterocycles. The lowest BCUT2D eigenvalue weighted by atomic mass is 9.85. The molecule has 0 heterocycles. The van der Waals surface area contributed by atoms with Crippen LogP contribution in [0, 0.1) is 16.0 Å². The number of nitro benzene ring substituents is 1. The largest absolute Gasteiger partial charge is 0.444 e. The number of nitro groups is 1. The van der Waals surface area contributed by atoms with Crippen molar-refractivity contribution in [1.29, 1.82) is 0 Å². The Balaban J connectivity index is 1.90. The monoisotopic (exact) mass is 421 g/mol. The Hall–Kier alpha value is -2.84. The second-order valence-electron chi connectivity index (χ2n) is 8.60. The smallest absolute Gasteiger partial charge is 0.412 e. The highest BCUT2D eigenvalue weighted by molar-refractivity contribution is 5.71. The van der Waals surface area contributed by atoms with Crippen molar-refractivity contribution >= 4 is 17.9 Å². The number of rotatable bonds is 7. The minimum absolute atomic E-state index is 0.0862. The fraction of sp³-hybridized carbons (Fsp3) is 0.619. The van der Waals surface area contributed by atoms with Crippen LogP contribution in [0.15, 0.2) is 24.3 Å². The molecule has 1 aromatic rings. The van der Waals surface area contributed by atoms with E-state index in [0.29, 0.717) is 5.92 Å². The lowest BCUT2D eigenvalue weighted by molar-refractivity contribution is -0.384. The van der Waals surface area contributed by atoms with Gasteiger partial charge in [-0.25, -0.2) is 9.59 Å². The van der Waals surface area contributed by atoms with Gasteiger partial charge < -0.3 is 20.1 Å². The Morgan fingerprint density at radius 1 is 1.13 bits per heavy atom. The normalized spacial score (nSPS) is 15.7. The molecule has 1 atom stereocenters. The van der Waals surface area contributed by atoms with E-state index in [0.717, 1.165) is 19.3 Å². The molecule has 1 saturated carbocycles. The molecule has 0 spiro atoms. The Labute approximate surface area is 176 Å². The number of nitrogens with zero attached hydrogens (tertiary/aromatic N) is 1. The predicted octanol–water partition coefficient (Wildman–Crippen LogP) is 4.55. The maximum absolute atomic E-state index is 12.2. The predicted molar refractivity (Wildman–Crippen MR) is 111 cm³/mol. The molecular formula is C21H31N3O6. The molecule has 0 aromatic heterocycles. The zero-order chi connectivity index (χ0) is 22.1. The van der Waals surface area contributed by atoms with E-state index >= 15 is 0 Å². The van der Waals surface area contributed by atoms with E-state index in [2.05, 4.69) is 10.6 Å². The van der Waals surface area contributed by atoms with Gasteiger partial charge in [0.05, 0.1) is 4.92 Å². The van der Waals surface area contributed by atoms with E-state index in [-0.39, 0.29) is 24.0 Å². The number of ether oxygens (including phenoxy) is 2. The summed E-state index contributed by atoms with van der Waals surface area (Å²) in [5, 5.41) is 16.2. The average molecular weight is 421 g/mol. The molecule has 2 rings (SSSR count). The van der Waals surface area contributed by atoms with E-state index in [1.807, 2.05) is 0 Å². The molecule has 0 saturated heterocycles. The van der Waals surface area contributed by atoms with Crippen molar-refractivity contribution < 1.29 is 24.0 Å². The number of nitrogens with one attached hydrogen (secondary N) is 2. The molecule has 1 aromatic carbocycles. The summed E-state index contributed by atoms with van der Waals surface area (Å²) in [4.78, 5) is 34.5. The fourth-order valence-electron chi connectivity index (χ4n) is 3.48. The summed E-state index contributed by atoms with van der Waals surface area (Å²) in [6, 6.07) is 4.95. The molecule has 9 nitrogen and oxygen atoms in total. The first-order chi connectivity index (χ1) is 14.1. The Kier molecular flexibility index (Phi) is 8.44. The van der Waals surface area contributed by atoms with Gasteiger partial charge >= 0.3 is 12.2 Å². The molecule has 1 aliphatic carbocycles. The average Bonchev–Trinajstić information content (AvgIpc) is 2.66. The van der Waals surface area contributed by atoms with Gasteiger partial charge in [0.25, 0.3) is 5.69 Å². The van der Waals surface area contributed by atoms with Crippen molar-refractivity contribution in [1.82, 2.24) is 10.6 Å². The summed E-state index contributed by atoms with van der Waals surface area (Å²) in [5.41, 5.74) is -0.696. The van der Waals surface area contributed by atoms with Crippen LogP contribution in [0.4, 0.5) is 15.3 Å². The van der Waals surface area contributed by atoms with E-state index in [9.17, 15) is 19.7 Å². The van der Waals surface area contributed by atoms with Gasteiger partial charge in [0.2, 0.25) is 0 Å². The minimum atomic E-state index is -0.691. The van der Waals surface area contributed by atoms with Gasteiger partial charge in [0, 0.05) is 24.7 Å². The number of benzene rings is 1. The summed E-state index contributed by atoms with van der Waals surface area (Å²) in [6.07, 6.45) is 5.35. The van der Waals surface area contributed by atoms with E-state index < -0.39 is 22.7 Å². The van der Waals surface area contributed by atoms with Crippen molar-refractivity contribution in [2.75, 3.05) is 6.54 Å². The minimum Gasteiger partial charge on any atom is -0.444 e. The zero-order valence-corrected chi connectivity index (χ0v) is 17.8. The number of carbonyl (C=O) groups is 2. The topological polar surface area (TPSA) is 120 Å². The maximum Gasteiger partial charge on any atom is 0.412 e. The van der Waals surface area contributed by atoms with Crippen LogP contribution in [-0.2, 0) is 4.74 Å². The number of alkyl carbamates (subject to hydrolysis) is 1. The second-order valence-corrected chi connectivity index (χ2v) is 8.60. The summed E-state index contributed by atoms with van der Waals surface area (Å²) in [7, 11) is 0. The molecule has 1 fully saturated rings. The van der Waals surface area contributed by atoms with E-state index in [1.165, 1.54) is 43.5 Å². The highest BCUT2D eigenvalue weighted by atomic mass is 16.6. The quantitative estimate of drug-likeness (QED) is 0.492. The number of hydrogen-bond donors (Lipinski definition) is 2. The molecule has 166 valence electrons. The number of amides is 2. The fourth-order valence-corrected chi connectivity index (χ4v) is 3.48. The van der Waals surface area contributed by atoms with E-state index in [4.69, 9.17) is 9.47 Å². The lowest BCUT2D eigenvalue weighted by Crippen LogP contribution is -2.47. The number of hydrogen-bond acceptors (Lipinski definition) is 6. The third-order valence-electron chi connectivity index (χ3n) is 4.81. The summed E-state index contributed by atoms with van der Waals surface area (Å²) < 4.78 is 10.5. The SMILES string of the molecule is CC(C)(C)OC(=O)NC(CNC(=O)Oc1ccc([N+](=O)[O-])cc1)CC1CCCCC1. The maximum atomic E-state index is 12.2. The van der Waals surface area contributed by atoms with Crippen molar-refractivity contribution in [3.8, 4) is 5.75 Å². The van der Waals surface area contributed by atoms with Gasteiger partial charge in [-0.1, -0.05) is 32.1 Å². The molecule has 30 heavy (non-hydrogen) atoms. The zero-order valence-electron chi connectivity index (χ0n) is 17.8. The van der Waals surface area contributed by atoms with Crippen LogP contribution in [0.25, 0.3) is 0 Å². The van der Waals surface area contributed by atoms with Crippen molar-refractivity contribution in [2.24, 2.45) is 5.92 Å². The van der Waals surface area contributed by atoms with Gasteiger partial charge in [0.15, 0.2) is 0 Å². The lowest BCUT2D eigenvalue weighted by Gasteiger charge is -2.28. The third kappa shape index (κ3) is 8.67. The van der Waals surface area contributed by atoms with Crippen LogP contribution in [0.3, 0.4) is 0 Å². The van der Waals surface area contributed by atoms with Crippen LogP contribution >= 0.6 is 0 Å². The van der Waals surface area contributed by atoms with Crippen LogP contribution in [-0.4, -0.2) is 35.3 Å². The Bertz CT molecular complexity index is 723. The van der Waals surface area contributed by atoms with Gasteiger partial charge in [0.1, 0.15) is 11.4 Å². The van der Waals surface area contributed by atoms with Crippen molar-refractivity contribution in [3.05, 3.63) is 34.4 Å². The first-order valence-electron chi connectivity index (χ1n) is 10.3. The van der Waals surface area contributed by atoms with Crippen LogP contribution in [0.1, 0.15) is 59.3 Å². The van der Waals surface area contributed by atoms with Gasteiger partial charge in [-0.15, -0.1) is 0 Å². The highest BCUT2D eigenvalue weighted by Gasteiger charge is 2.24. The summed E-state index contributed by atoms with van der Waals surface area (Å²) >= 11 is 0. The summed E-state index contributed by atoms with van der Waals surface area (Å²) in [5.74, 6) is 0.688. The van der Waals surface area contributed by atoms with Gasteiger partial charge in [-0.05, 0) is 45.2 Å². The molecular weight excluding hydrogens is 390 g/mol. The second kappa shape index (κ2) is 10.8. The standard InChI is InChI=1S/C21H31N3O6/c1-21(2,3)30-20(26)23-16(13-15-7-5-4-6-8-15)14-22-19(25)29-18-11-9-17(10-12-18)24(27)28/h9-12,15-16H,4-8,13-14H2,1-3H3,(H,22,25)(H,23,26). The molecule has 9 heteroatoms. The molecule has 2 N–H and O–H groups in total. The highest BCUT2D eigenvalue weighted by Crippen LogP contribution is 2.27. The number of non-ortho nitro benzene ring substituents is 1. The molecule has 2 amide bonds. The van der Waals surface area contributed by atoms with E-state index in [1.54, 1.807) is 20.8 Å². The Morgan fingerprint density at radius 3 is 2.33 bits per heavy atom. The van der Waals surface area contributed by atoms with Crippen LogP contribution in [0.5, 0.6) is 5.75 Å². The van der Waals surface area contributed by atoms with Crippen molar-refractivity contribution in [3.63, 3.8) is 0 Å². The van der Waals surface area contributed by atoms with Gasteiger partial charge in [-0.3, -0.25) is 10.1 Å². The van der Waals surface area contributed by atoms with Crippen LogP contribution < -0.4 is 15.4 Å². The Morgan fingerprint density at radius 2 is 1.77 bits per heavy atom. The van der Waals surface area contributed by atoms with Crippen LogP contribution in [0.2, 0.25) is 0 Å².